The van der Waals surface area contributed by atoms with Gasteiger partial charge < -0.3 is 14.4 Å². The maximum atomic E-state index is 11.1. The van der Waals surface area contributed by atoms with Crippen LogP contribution in [0.4, 0.5) is 0 Å². The molecule has 0 aliphatic carbocycles. The number of ether oxygens (including phenoxy) is 1. The minimum Gasteiger partial charge on any atom is -0.484 e. The van der Waals surface area contributed by atoms with Crippen LogP contribution < -0.4 is 4.74 Å². The molecule has 0 amide bonds. The number of carbonyl (C=O) groups is 1. The van der Waals surface area contributed by atoms with E-state index in [0.29, 0.717) is 10.3 Å². The van der Waals surface area contributed by atoms with Crippen LogP contribution in [0.5, 0.6) is 5.75 Å². The van der Waals surface area contributed by atoms with E-state index in [1.54, 1.807) is 30.1 Å². The molecule has 0 aliphatic rings. The van der Waals surface area contributed by atoms with Crippen LogP contribution in [0.1, 0.15) is 16.2 Å². The van der Waals surface area contributed by atoms with E-state index < -0.39 is 5.97 Å². The zero-order valence-corrected chi connectivity index (χ0v) is 11.1. The fourth-order valence-corrected chi connectivity index (χ4v) is 1.88. The second kappa shape index (κ2) is 5.18. The first kappa shape index (κ1) is 12.6. The maximum Gasteiger partial charge on any atom is 0.339 e. The van der Waals surface area contributed by atoms with Gasteiger partial charge in [-0.1, -0.05) is 6.07 Å². The molecule has 1 aromatic heterocycles. The number of hydrogen-bond acceptors (Lipinski definition) is 4. The number of para-hydroxylation sites is 1. The van der Waals surface area contributed by atoms with Crippen molar-refractivity contribution in [2.24, 2.45) is 7.05 Å². The van der Waals surface area contributed by atoms with Crippen molar-refractivity contribution in [3.63, 3.8) is 0 Å². The Morgan fingerprint density at radius 2 is 2.33 bits per heavy atom. The number of carboxylic acid groups (broad SMARTS) is 1. The summed E-state index contributed by atoms with van der Waals surface area (Å²) in [5.41, 5.74) is 0.103. The van der Waals surface area contributed by atoms with Crippen LogP contribution in [0, 0.1) is 0 Å². The van der Waals surface area contributed by atoms with Crippen molar-refractivity contribution in [1.82, 2.24) is 14.8 Å². The van der Waals surface area contributed by atoms with Crippen molar-refractivity contribution in [2.45, 2.75) is 6.61 Å². The largest absolute Gasteiger partial charge is 0.484 e. The van der Waals surface area contributed by atoms with Crippen LogP contribution >= 0.6 is 15.9 Å². The van der Waals surface area contributed by atoms with Crippen LogP contribution in [0.2, 0.25) is 0 Å². The summed E-state index contributed by atoms with van der Waals surface area (Å²) in [4.78, 5) is 11.1. The Hall–Kier alpha value is -1.89. The van der Waals surface area contributed by atoms with Crippen molar-refractivity contribution < 1.29 is 14.6 Å². The number of hydrogen-bond donors (Lipinski definition) is 1. The monoisotopic (exact) mass is 311 g/mol. The van der Waals surface area contributed by atoms with Gasteiger partial charge in [0, 0.05) is 7.05 Å². The second-order valence-corrected chi connectivity index (χ2v) is 4.42. The van der Waals surface area contributed by atoms with E-state index in [1.807, 2.05) is 0 Å². The van der Waals surface area contributed by atoms with Gasteiger partial charge in [0.2, 0.25) is 0 Å². The highest BCUT2D eigenvalue weighted by Crippen LogP contribution is 2.29. The Morgan fingerprint density at radius 1 is 1.56 bits per heavy atom. The molecule has 18 heavy (non-hydrogen) atoms. The van der Waals surface area contributed by atoms with E-state index in [4.69, 9.17) is 9.84 Å². The first-order chi connectivity index (χ1) is 8.59. The first-order valence-electron chi connectivity index (χ1n) is 5.07. The van der Waals surface area contributed by atoms with Gasteiger partial charge in [0.05, 0.1) is 4.47 Å². The van der Waals surface area contributed by atoms with Crippen molar-refractivity contribution in [3.8, 4) is 5.75 Å². The summed E-state index contributed by atoms with van der Waals surface area (Å²) in [5.74, 6) is -0.139. The summed E-state index contributed by atoms with van der Waals surface area (Å²) >= 11 is 3.27. The van der Waals surface area contributed by atoms with E-state index in [9.17, 15) is 4.79 Å². The van der Waals surface area contributed by atoms with Gasteiger partial charge in [-0.3, -0.25) is 0 Å². The number of nitrogens with zero attached hydrogens (tertiary/aromatic N) is 3. The van der Waals surface area contributed by atoms with Crippen LogP contribution in [0.15, 0.2) is 29.0 Å². The SMILES string of the molecule is Cn1cnnc1COc1c(Br)cccc1C(=O)O. The fourth-order valence-electron chi connectivity index (χ4n) is 1.40. The van der Waals surface area contributed by atoms with Gasteiger partial charge in [0.1, 0.15) is 24.2 Å². The van der Waals surface area contributed by atoms with E-state index in [1.165, 1.54) is 6.07 Å². The van der Waals surface area contributed by atoms with E-state index in [-0.39, 0.29) is 17.9 Å². The summed E-state index contributed by atoms with van der Waals surface area (Å²) in [5, 5.41) is 16.6. The number of aromatic carboxylic acids is 1. The smallest absolute Gasteiger partial charge is 0.339 e. The molecule has 7 heteroatoms. The molecule has 2 rings (SSSR count). The molecule has 0 aliphatic heterocycles. The molecule has 0 fully saturated rings. The highest BCUT2D eigenvalue weighted by atomic mass is 79.9. The van der Waals surface area contributed by atoms with Gasteiger partial charge >= 0.3 is 5.97 Å². The molecule has 0 saturated carbocycles. The third-order valence-electron chi connectivity index (χ3n) is 2.35. The van der Waals surface area contributed by atoms with Gasteiger partial charge in [0.15, 0.2) is 5.82 Å². The second-order valence-electron chi connectivity index (χ2n) is 3.57. The van der Waals surface area contributed by atoms with Gasteiger partial charge in [-0.05, 0) is 28.1 Å². The minimum atomic E-state index is -1.04. The summed E-state index contributed by atoms with van der Waals surface area (Å²) in [6.07, 6.45) is 1.55. The summed E-state index contributed by atoms with van der Waals surface area (Å²) in [7, 11) is 1.79. The van der Waals surface area contributed by atoms with Crippen LogP contribution in [-0.4, -0.2) is 25.8 Å². The predicted octanol–water partition coefficient (Wildman–Crippen LogP) is 1.85. The fraction of sp³-hybridized carbons (Fsp3) is 0.182. The summed E-state index contributed by atoms with van der Waals surface area (Å²) in [6, 6.07) is 4.85. The van der Waals surface area contributed by atoms with Crippen LogP contribution in [0.3, 0.4) is 0 Å². The molecule has 2 aromatic rings. The number of halogens is 1. The van der Waals surface area contributed by atoms with Gasteiger partial charge in [0.25, 0.3) is 0 Å². The van der Waals surface area contributed by atoms with Gasteiger partial charge in [-0.25, -0.2) is 4.79 Å². The number of aryl methyl sites for hydroxylation is 1. The molecule has 0 bridgehead atoms. The topological polar surface area (TPSA) is 77.2 Å². The molecule has 0 radical (unpaired) electrons. The Morgan fingerprint density at radius 3 is 2.94 bits per heavy atom. The van der Waals surface area contributed by atoms with Gasteiger partial charge in [-0.15, -0.1) is 10.2 Å². The number of benzene rings is 1. The van der Waals surface area contributed by atoms with Crippen LogP contribution in [-0.2, 0) is 13.7 Å². The minimum absolute atomic E-state index is 0.103. The van der Waals surface area contributed by atoms with Crippen LogP contribution in [0.25, 0.3) is 0 Å². The lowest BCUT2D eigenvalue weighted by Gasteiger charge is -2.10. The molecule has 1 aromatic carbocycles. The highest BCUT2D eigenvalue weighted by molar-refractivity contribution is 9.10. The Labute approximate surface area is 111 Å². The molecule has 1 heterocycles. The van der Waals surface area contributed by atoms with Gasteiger partial charge in [-0.2, -0.15) is 0 Å². The standard InChI is InChI=1S/C11H10BrN3O3/c1-15-6-13-14-9(15)5-18-10-7(11(16)17)3-2-4-8(10)12/h2-4,6H,5H2,1H3,(H,16,17). The normalized spacial score (nSPS) is 10.3. The first-order valence-corrected chi connectivity index (χ1v) is 5.86. The lowest BCUT2D eigenvalue weighted by atomic mass is 10.2. The third kappa shape index (κ3) is 2.51. The lowest BCUT2D eigenvalue weighted by molar-refractivity contribution is 0.0691. The van der Waals surface area contributed by atoms with Crippen molar-refractivity contribution >= 4 is 21.9 Å². The van der Waals surface area contributed by atoms with Crippen molar-refractivity contribution in [3.05, 3.63) is 40.4 Å². The quantitative estimate of drug-likeness (QED) is 0.932. The molecule has 0 spiro atoms. The lowest BCUT2D eigenvalue weighted by Crippen LogP contribution is -2.07. The average Bonchev–Trinajstić information content (AvgIpc) is 2.73. The van der Waals surface area contributed by atoms with E-state index in [2.05, 4.69) is 26.1 Å². The zero-order valence-electron chi connectivity index (χ0n) is 9.50. The molecule has 6 nitrogen and oxygen atoms in total. The Balaban J connectivity index is 2.24. The predicted molar refractivity (Wildman–Crippen MR) is 66.4 cm³/mol. The van der Waals surface area contributed by atoms with E-state index in [0.717, 1.165) is 0 Å². The Bertz CT molecular complexity index is 583. The maximum absolute atomic E-state index is 11.1. The third-order valence-corrected chi connectivity index (χ3v) is 2.97. The number of aromatic nitrogens is 3. The molecular weight excluding hydrogens is 302 g/mol. The average molecular weight is 312 g/mol. The number of carboxylic acids is 1. The molecule has 0 atom stereocenters. The van der Waals surface area contributed by atoms with E-state index >= 15 is 0 Å². The molecule has 94 valence electrons. The van der Waals surface area contributed by atoms with Crippen molar-refractivity contribution in [1.29, 1.82) is 0 Å². The molecule has 1 N–H and O–H groups in total. The number of rotatable bonds is 4. The Kier molecular flexibility index (Phi) is 3.61. The molecule has 0 saturated heterocycles. The zero-order chi connectivity index (χ0) is 13.1. The molecular formula is C11H10BrN3O3. The highest BCUT2D eigenvalue weighted by Gasteiger charge is 2.15. The van der Waals surface area contributed by atoms with Crippen molar-refractivity contribution in [2.75, 3.05) is 0 Å². The summed E-state index contributed by atoms with van der Waals surface area (Å²) < 4.78 is 7.80. The summed E-state index contributed by atoms with van der Waals surface area (Å²) in [6.45, 7) is 0.152. The molecule has 0 unspecified atom stereocenters.